The average Bonchev–Trinajstić information content (AvgIpc) is 2.59. The molecular formula is C21H30O6S2. The highest BCUT2D eigenvalue weighted by molar-refractivity contribution is 7.86. The summed E-state index contributed by atoms with van der Waals surface area (Å²) in [5, 5.41) is 0. The Kier molecular flexibility index (Phi) is 5.56. The van der Waals surface area contributed by atoms with E-state index in [1.165, 1.54) is 11.6 Å². The molecule has 0 heterocycles. The van der Waals surface area contributed by atoms with E-state index < -0.39 is 20.2 Å². The SMILES string of the molecule is C=C1CCC[C@H]2[C@](C)(Cc3cc(S(=O)(=O)O)ccc3S(=O)(=O)O)[C@H](C)CC[C@@]12C. The van der Waals surface area contributed by atoms with Crippen molar-refractivity contribution in [3.63, 3.8) is 0 Å². The fourth-order valence-corrected chi connectivity index (χ4v) is 7.02. The standard InChI is InChI=1S/C21H30O6S2/c1-14-6-5-7-19-20(14,3)11-10-15(2)21(19,4)13-16-12-17(28(22,23)24)8-9-18(16)29(25,26)27/h8-9,12,15,19H,1,5-7,10-11,13H2,2-4H3,(H,22,23,24)(H,25,26,27)/t15-,19-,20+,21-/m1/s1. The van der Waals surface area contributed by atoms with Crippen molar-refractivity contribution in [2.75, 3.05) is 0 Å². The minimum atomic E-state index is -4.54. The molecule has 162 valence electrons. The Labute approximate surface area is 173 Å². The number of hydrogen-bond acceptors (Lipinski definition) is 4. The molecular weight excluding hydrogens is 412 g/mol. The summed E-state index contributed by atoms with van der Waals surface area (Å²) in [6.07, 6.45) is 5.30. The van der Waals surface area contributed by atoms with E-state index in [4.69, 9.17) is 0 Å². The lowest BCUT2D eigenvalue weighted by atomic mass is 9.46. The van der Waals surface area contributed by atoms with Crippen LogP contribution in [0.3, 0.4) is 0 Å². The third-order valence-corrected chi connectivity index (χ3v) is 9.55. The Hall–Kier alpha value is -1.22. The second kappa shape index (κ2) is 7.18. The van der Waals surface area contributed by atoms with Gasteiger partial charge >= 0.3 is 0 Å². The van der Waals surface area contributed by atoms with Gasteiger partial charge in [0, 0.05) is 0 Å². The van der Waals surface area contributed by atoms with E-state index in [0.717, 1.165) is 44.2 Å². The van der Waals surface area contributed by atoms with Crippen LogP contribution in [0.4, 0.5) is 0 Å². The third kappa shape index (κ3) is 3.92. The minimum absolute atomic E-state index is 0.0432. The molecule has 0 amide bonds. The first-order valence-corrected chi connectivity index (χ1v) is 12.8. The van der Waals surface area contributed by atoms with Gasteiger partial charge in [-0.1, -0.05) is 32.9 Å². The van der Waals surface area contributed by atoms with Gasteiger partial charge in [0.15, 0.2) is 0 Å². The summed E-state index contributed by atoms with van der Waals surface area (Å²) in [6, 6.07) is 3.24. The van der Waals surface area contributed by atoms with E-state index in [1.54, 1.807) is 0 Å². The number of rotatable bonds is 4. The van der Waals surface area contributed by atoms with Crippen molar-refractivity contribution in [3.8, 4) is 0 Å². The minimum Gasteiger partial charge on any atom is -0.282 e. The van der Waals surface area contributed by atoms with Gasteiger partial charge in [-0.25, -0.2) is 0 Å². The molecule has 29 heavy (non-hydrogen) atoms. The monoisotopic (exact) mass is 442 g/mol. The summed E-state index contributed by atoms with van der Waals surface area (Å²) in [6.45, 7) is 10.8. The molecule has 6 nitrogen and oxygen atoms in total. The van der Waals surface area contributed by atoms with E-state index in [0.29, 0.717) is 6.42 Å². The largest absolute Gasteiger partial charge is 0.294 e. The Morgan fingerprint density at radius 2 is 1.76 bits per heavy atom. The average molecular weight is 443 g/mol. The Morgan fingerprint density at radius 1 is 1.10 bits per heavy atom. The molecule has 0 spiro atoms. The van der Waals surface area contributed by atoms with Crippen LogP contribution >= 0.6 is 0 Å². The lowest BCUT2D eigenvalue weighted by molar-refractivity contribution is -0.0492. The highest BCUT2D eigenvalue weighted by Gasteiger charge is 2.54. The molecule has 0 unspecified atom stereocenters. The van der Waals surface area contributed by atoms with Gasteiger partial charge in [0.1, 0.15) is 0 Å². The normalized spacial score (nSPS) is 33.3. The van der Waals surface area contributed by atoms with Crippen LogP contribution in [-0.2, 0) is 26.7 Å². The summed E-state index contributed by atoms with van der Waals surface area (Å²) in [5.41, 5.74) is 1.09. The molecule has 2 saturated carbocycles. The van der Waals surface area contributed by atoms with E-state index in [-0.39, 0.29) is 38.0 Å². The van der Waals surface area contributed by atoms with Crippen molar-refractivity contribution >= 4 is 20.2 Å². The summed E-state index contributed by atoms with van der Waals surface area (Å²) < 4.78 is 66.4. The van der Waals surface area contributed by atoms with Gasteiger partial charge in [-0.05, 0) is 85.0 Å². The smallest absolute Gasteiger partial charge is 0.282 e. The van der Waals surface area contributed by atoms with E-state index in [1.807, 2.05) is 0 Å². The number of fused-ring (bicyclic) bond motifs is 1. The summed E-state index contributed by atoms with van der Waals surface area (Å²) in [4.78, 5) is -0.678. The fraction of sp³-hybridized carbons (Fsp3) is 0.619. The van der Waals surface area contributed by atoms with Crippen molar-refractivity contribution in [2.24, 2.45) is 22.7 Å². The highest BCUT2D eigenvalue weighted by Crippen LogP contribution is 2.62. The van der Waals surface area contributed by atoms with Crippen LogP contribution in [-0.4, -0.2) is 25.9 Å². The Bertz CT molecular complexity index is 1040. The first kappa shape index (κ1) is 22.5. The maximum absolute atomic E-state index is 12.0. The molecule has 2 N–H and O–H groups in total. The van der Waals surface area contributed by atoms with Crippen LogP contribution in [0.2, 0.25) is 0 Å². The highest BCUT2D eigenvalue weighted by atomic mass is 32.2. The van der Waals surface area contributed by atoms with Crippen LogP contribution in [0, 0.1) is 22.7 Å². The first-order chi connectivity index (χ1) is 13.2. The molecule has 0 saturated heterocycles. The lowest BCUT2D eigenvalue weighted by Gasteiger charge is -2.59. The molecule has 0 aliphatic heterocycles. The van der Waals surface area contributed by atoms with E-state index >= 15 is 0 Å². The zero-order valence-corrected chi connectivity index (χ0v) is 18.8. The summed E-state index contributed by atoms with van der Waals surface area (Å²) in [5.74, 6) is 0.541. The van der Waals surface area contributed by atoms with Gasteiger partial charge in [-0.15, -0.1) is 0 Å². The predicted molar refractivity (Wildman–Crippen MR) is 111 cm³/mol. The molecule has 2 aliphatic rings. The zero-order valence-electron chi connectivity index (χ0n) is 17.2. The van der Waals surface area contributed by atoms with E-state index in [2.05, 4.69) is 27.4 Å². The second-order valence-electron chi connectivity index (χ2n) is 9.31. The Morgan fingerprint density at radius 3 is 2.34 bits per heavy atom. The van der Waals surface area contributed by atoms with Crippen LogP contribution in [0.5, 0.6) is 0 Å². The molecule has 3 rings (SSSR count). The van der Waals surface area contributed by atoms with Crippen LogP contribution in [0.1, 0.15) is 58.4 Å². The second-order valence-corrected chi connectivity index (χ2v) is 12.1. The Balaban J connectivity index is 2.15. The number of allylic oxidation sites excluding steroid dienone is 1. The summed E-state index contributed by atoms with van der Waals surface area (Å²) in [7, 11) is -9.04. The molecule has 0 aromatic heterocycles. The maximum atomic E-state index is 12.0. The molecule has 8 heteroatoms. The number of hydrogen-bond donors (Lipinski definition) is 2. The van der Waals surface area contributed by atoms with Crippen molar-refractivity contribution in [1.82, 2.24) is 0 Å². The van der Waals surface area contributed by atoms with Crippen molar-refractivity contribution in [1.29, 1.82) is 0 Å². The van der Waals surface area contributed by atoms with Crippen molar-refractivity contribution in [2.45, 2.75) is 69.1 Å². The molecule has 1 aromatic carbocycles. The quantitative estimate of drug-likeness (QED) is 0.524. The van der Waals surface area contributed by atoms with Crippen LogP contribution in [0.15, 0.2) is 40.1 Å². The zero-order chi connectivity index (χ0) is 21.8. The van der Waals surface area contributed by atoms with Crippen molar-refractivity contribution in [3.05, 3.63) is 35.9 Å². The summed E-state index contributed by atoms with van der Waals surface area (Å²) >= 11 is 0. The third-order valence-electron chi connectivity index (χ3n) is 7.75. The molecule has 0 radical (unpaired) electrons. The van der Waals surface area contributed by atoms with Gasteiger partial charge in [0.2, 0.25) is 0 Å². The maximum Gasteiger partial charge on any atom is 0.294 e. The molecule has 4 atom stereocenters. The van der Waals surface area contributed by atoms with Crippen LogP contribution < -0.4 is 0 Å². The molecule has 1 aromatic rings. The van der Waals surface area contributed by atoms with Crippen LogP contribution in [0.25, 0.3) is 0 Å². The molecule has 2 fully saturated rings. The van der Waals surface area contributed by atoms with Gasteiger partial charge in [-0.2, -0.15) is 16.8 Å². The topological polar surface area (TPSA) is 109 Å². The van der Waals surface area contributed by atoms with Crippen molar-refractivity contribution < 1.29 is 25.9 Å². The van der Waals surface area contributed by atoms with Gasteiger partial charge in [-0.3, -0.25) is 9.11 Å². The molecule has 2 aliphatic carbocycles. The van der Waals surface area contributed by atoms with E-state index in [9.17, 15) is 25.9 Å². The molecule has 0 bridgehead atoms. The predicted octanol–water partition coefficient (Wildman–Crippen LogP) is 4.52. The van der Waals surface area contributed by atoms with Gasteiger partial charge in [0.05, 0.1) is 9.79 Å². The first-order valence-electron chi connectivity index (χ1n) is 9.96. The number of benzene rings is 1. The lowest BCUT2D eigenvalue weighted by Crippen LogP contribution is -2.51. The van der Waals surface area contributed by atoms with Gasteiger partial charge < -0.3 is 0 Å². The fourth-order valence-electron chi connectivity index (χ4n) is 5.78. The van der Waals surface area contributed by atoms with Gasteiger partial charge in [0.25, 0.3) is 20.2 Å².